The van der Waals surface area contributed by atoms with Crippen LogP contribution in [0.4, 0.5) is 0 Å². The van der Waals surface area contributed by atoms with E-state index in [1.165, 1.54) is 5.56 Å². The highest BCUT2D eigenvalue weighted by molar-refractivity contribution is 5.72. The molecule has 0 saturated carbocycles. The minimum absolute atomic E-state index is 0.389. The summed E-state index contributed by atoms with van der Waals surface area (Å²) in [6.45, 7) is 3.19. The number of benzene rings is 1. The topological polar surface area (TPSA) is 61.3 Å². The number of aromatic nitrogens is 1. The van der Waals surface area contributed by atoms with E-state index in [2.05, 4.69) is 22.2 Å². The van der Waals surface area contributed by atoms with E-state index >= 15 is 0 Å². The van der Waals surface area contributed by atoms with E-state index in [9.17, 15) is 4.79 Å². The first kappa shape index (κ1) is 11.5. The minimum Gasteiger partial charge on any atom is -0.408 e. The first-order valence-electron chi connectivity index (χ1n) is 6.25. The van der Waals surface area contributed by atoms with E-state index in [1.54, 1.807) is 0 Å². The molecular formula is C13H17N3O2. The van der Waals surface area contributed by atoms with Crippen molar-refractivity contribution in [2.45, 2.75) is 12.5 Å². The van der Waals surface area contributed by atoms with Crippen molar-refractivity contribution >= 4 is 11.1 Å². The van der Waals surface area contributed by atoms with Crippen LogP contribution in [-0.4, -0.2) is 42.6 Å². The lowest BCUT2D eigenvalue weighted by molar-refractivity contribution is 0.182. The number of nitrogens with one attached hydrogen (secondary N) is 2. The molecule has 1 saturated heterocycles. The van der Waals surface area contributed by atoms with Crippen LogP contribution in [-0.2, 0) is 6.42 Å². The number of hydrogen-bond donors (Lipinski definition) is 2. The first-order valence-corrected chi connectivity index (χ1v) is 6.25. The molecule has 3 rings (SSSR count). The quantitative estimate of drug-likeness (QED) is 0.829. The van der Waals surface area contributed by atoms with Gasteiger partial charge in [0.25, 0.3) is 0 Å². The SMILES string of the molecule is CN(CCc1ccc2[nH]c(=O)oc2c1)C1CNC1. The van der Waals surface area contributed by atoms with Crippen molar-refractivity contribution in [1.82, 2.24) is 15.2 Å². The van der Waals surface area contributed by atoms with Crippen molar-refractivity contribution in [2.75, 3.05) is 26.7 Å². The molecule has 1 fully saturated rings. The van der Waals surface area contributed by atoms with E-state index < -0.39 is 0 Å². The molecule has 0 bridgehead atoms. The van der Waals surface area contributed by atoms with Gasteiger partial charge in [0.05, 0.1) is 5.52 Å². The van der Waals surface area contributed by atoms with Gasteiger partial charge < -0.3 is 14.6 Å². The van der Waals surface area contributed by atoms with Crippen molar-refractivity contribution in [3.8, 4) is 0 Å². The summed E-state index contributed by atoms with van der Waals surface area (Å²) in [6.07, 6.45) is 0.970. The molecule has 2 heterocycles. The van der Waals surface area contributed by atoms with Gasteiger partial charge in [0.15, 0.2) is 5.58 Å². The highest BCUT2D eigenvalue weighted by Gasteiger charge is 2.20. The summed E-state index contributed by atoms with van der Waals surface area (Å²) < 4.78 is 5.06. The van der Waals surface area contributed by atoms with Gasteiger partial charge in [-0.1, -0.05) is 6.07 Å². The second-order valence-corrected chi connectivity index (χ2v) is 4.89. The van der Waals surface area contributed by atoms with Gasteiger partial charge in [-0.15, -0.1) is 0 Å². The molecule has 1 aromatic carbocycles. The molecule has 0 amide bonds. The third-order valence-corrected chi connectivity index (χ3v) is 3.62. The Balaban J connectivity index is 1.68. The number of likely N-dealkylation sites (N-methyl/N-ethyl adjacent to an activating group) is 1. The van der Waals surface area contributed by atoms with Crippen LogP contribution < -0.4 is 11.1 Å². The average Bonchev–Trinajstić information content (AvgIpc) is 2.63. The van der Waals surface area contributed by atoms with Crippen molar-refractivity contribution < 1.29 is 4.42 Å². The maximum atomic E-state index is 11.1. The van der Waals surface area contributed by atoms with Gasteiger partial charge in [0.2, 0.25) is 0 Å². The minimum atomic E-state index is -0.389. The van der Waals surface area contributed by atoms with E-state index in [0.29, 0.717) is 11.6 Å². The number of hydrogen-bond acceptors (Lipinski definition) is 4. The highest BCUT2D eigenvalue weighted by atomic mass is 16.4. The van der Waals surface area contributed by atoms with Crippen LogP contribution >= 0.6 is 0 Å². The molecule has 5 nitrogen and oxygen atoms in total. The Labute approximate surface area is 105 Å². The van der Waals surface area contributed by atoms with E-state index in [1.807, 2.05) is 18.2 Å². The molecule has 96 valence electrons. The van der Waals surface area contributed by atoms with Gasteiger partial charge >= 0.3 is 5.76 Å². The number of fused-ring (bicyclic) bond motifs is 1. The third-order valence-electron chi connectivity index (χ3n) is 3.62. The normalized spacial score (nSPS) is 16.3. The van der Waals surface area contributed by atoms with Crippen molar-refractivity contribution in [1.29, 1.82) is 0 Å². The van der Waals surface area contributed by atoms with E-state index in [-0.39, 0.29) is 5.76 Å². The second-order valence-electron chi connectivity index (χ2n) is 4.89. The fourth-order valence-electron chi connectivity index (χ4n) is 2.22. The lowest BCUT2D eigenvalue weighted by atomic mass is 10.1. The molecule has 1 aromatic heterocycles. The molecule has 1 aliphatic heterocycles. The number of nitrogens with zero attached hydrogens (tertiary/aromatic N) is 1. The zero-order chi connectivity index (χ0) is 12.5. The molecule has 2 N–H and O–H groups in total. The maximum absolute atomic E-state index is 11.1. The van der Waals surface area contributed by atoms with Gasteiger partial charge in [-0.2, -0.15) is 0 Å². The third kappa shape index (κ3) is 2.19. The van der Waals surface area contributed by atoms with Crippen LogP contribution in [0.3, 0.4) is 0 Å². The van der Waals surface area contributed by atoms with Gasteiger partial charge in [-0.05, 0) is 31.2 Å². The summed E-state index contributed by atoms with van der Waals surface area (Å²) >= 11 is 0. The summed E-state index contributed by atoms with van der Waals surface area (Å²) in [4.78, 5) is 16.1. The summed E-state index contributed by atoms with van der Waals surface area (Å²) in [6, 6.07) is 6.56. The Bertz CT molecular complexity index is 598. The summed E-state index contributed by atoms with van der Waals surface area (Å²) in [7, 11) is 2.15. The molecule has 0 aliphatic carbocycles. The number of rotatable bonds is 4. The van der Waals surface area contributed by atoms with Gasteiger partial charge in [0.1, 0.15) is 0 Å². The van der Waals surface area contributed by atoms with Crippen LogP contribution in [0.15, 0.2) is 27.4 Å². The molecule has 18 heavy (non-hydrogen) atoms. The summed E-state index contributed by atoms with van der Waals surface area (Å²) in [5.74, 6) is -0.389. The molecule has 5 heteroatoms. The standard InChI is InChI=1S/C13H17N3O2/c1-16(10-7-14-8-10)5-4-9-2-3-11-12(6-9)18-13(17)15-11/h2-3,6,10,14H,4-5,7-8H2,1H3,(H,15,17). The van der Waals surface area contributed by atoms with E-state index in [4.69, 9.17) is 4.42 Å². The fourth-order valence-corrected chi connectivity index (χ4v) is 2.22. The molecule has 2 aromatic rings. The monoisotopic (exact) mass is 247 g/mol. The van der Waals surface area contributed by atoms with E-state index in [0.717, 1.165) is 31.6 Å². The predicted octanol–water partition coefficient (Wildman–Crippen LogP) is 0.567. The lowest BCUT2D eigenvalue weighted by Gasteiger charge is -2.35. The molecule has 0 atom stereocenters. The molecule has 1 aliphatic rings. The largest absolute Gasteiger partial charge is 0.417 e. The van der Waals surface area contributed by atoms with Crippen LogP contribution in [0.5, 0.6) is 0 Å². The van der Waals surface area contributed by atoms with Crippen molar-refractivity contribution in [3.05, 3.63) is 34.3 Å². The lowest BCUT2D eigenvalue weighted by Crippen LogP contribution is -2.56. The van der Waals surface area contributed by atoms with Gasteiger partial charge in [-0.3, -0.25) is 4.98 Å². The Morgan fingerprint density at radius 2 is 2.28 bits per heavy atom. The first-order chi connectivity index (χ1) is 8.72. The van der Waals surface area contributed by atoms with Gasteiger partial charge in [-0.25, -0.2) is 4.79 Å². The molecule has 0 unspecified atom stereocenters. The zero-order valence-electron chi connectivity index (χ0n) is 10.4. The Hall–Kier alpha value is -1.59. The molecule has 0 spiro atoms. The van der Waals surface area contributed by atoms with Crippen LogP contribution in [0, 0.1) is 0 Å². The van der Waals surface area contributed by atoms with Crippen molar-refractivity contribution in [2.24, 2.45) is 0 Å². The average molecular weight is 247 g/mol. The molecule has 0 radical (unpaired) electrons. The summed E-state index contributed by atoms with van der Waals surface area (Å²) in [5, 5.41) is 3.27. The Morgan fingerprint density at radius 1 is 1.44 bits per heavy atom. The van der Waals surface area contributed by atoms with Crippen molar-refractivity contribution in [3.63, 3.8) is 0 Å². The smallest absolute Gasteiger partial charge is 0.408 e. The fraction of sp³-hybridized carbons (Fsp3) is 0.462. The Kier molecular flexibility index (Phi) is 2.93. The summed E-state index contributed by atoms with van der Waals surface area (Å²) in [5.41, 5.74) is 2.61. The maximum Gasteiger partial charge on any atom is 0.417 e. The number of H-pyrrole nitrogens is 1. The highest BCUT2D eigenvalue weighted by Crippen LogP contribution is 2.13. The zero-order valence-corrected chi connectivity index (χ0v) is 10.4. The second kappa shape index (κ2) is 4.59. The number of aromatic amines is 1. The van der Waals surface area contributed by atoms with Crippen LogP contribution in [0.25, 0.3) is 11.1 Å². The van der Waals surface area contributed by atoms with Gasteiger partial charge in [0, 0.05) is 25.7 Å². The molecular weight excluding hydrogens is 230 g/mol. The Morgan fingerprint density at radius 3 is 3.00 bits per heavy atom. The predicted molar refractivity (Wildman–Crippen MR) is 69.8 cm³/mol. The van der Waals surface area contributed by atoms with Crippen LogP contribution in [0.1, 0.15) is 5.56 Å². The number of oxazole rings is 1. The van der Waals surface area contributed by atoms with Crippen LogP contribution in [0.2, 0.25) is 0 Å².